The van der Waals surface area contributed by atoms with Crippen LogP contribution in [0.1, 0.15) is 30.0 Å². The summed E-state index contributed by atoms with van der Waals surface area (Å²) in [6.45, 7) is 5.19. The van der Waals surface area contributed by atoms with Gasteiger partial charge in [0, 0.05) is 22.9 Å². The lowest BCUT2D eigenvalue weighted by Crippen LogP contribution is -2.15. The molecule has 0 atom stereocenters. The predicted octanol–water partition coefficient (Wildman–Crippen LogP) is 4.47. The van der Waals surface area contributed by atoms with Crippen molar-refractivity contribution >= 4 is 46.6 Å². The Bertz CT molecular complexity index is 1090. The van der Waals surface area contributed by atoms with E-state index < -0.39 is 5.97 Å². The van der Waals surface area contributed by atoms with Crippen molar-refractivity contribution in [3.05, 3.63) is 64.9 Å². The zero-order valence-corrected chi connectivity index (χ0v) is 19.4. The Morgan fingerprint density at radius 2 is 1.88 bits per heavy atom. The summed E-state index contributed by atoms with van der Waals surface area (Å²) in [5, 5.41) is 15.9. The third-order valence-electron chi connectivity index (χ3n) is 4.37. The Morgan fingerprint density at radius 1 is 1.09 bits per heavy atom. The first-order valence-electron chi connectivity index (χ1n) is 10.1. The van der Waals surface area contributed by atoms with E-state index in [9.17, 15) is 9.59 Å². The van der Waals surface area contributed by atoms with Crippen molar-refractivity contribution in [3.63, 3.8) is 0 Å². The molecule has 0 spiro atoms. The van der Waals surface area contributed by atoms with E-state index in [2.05, 4.69) is 20.8 Å². The zero-order valence-electron chi connectivity index (χ0n) is 17.8. The molecule has 0 saturated carbocycles. The number of carbonyl (C=O) groups is 2. The number of thioether (sulfide) groups is 1. The third kappa shape index (κ3) is 6.48. The zero-order chi connectivity index (χ0) is 22.9. The van der Waals surface area contributed by atoms with E-state index in [0.29, 0.717) is 41.1 Å². The molecule has 1 amide bonds. The number of nitrogens with one attached hydrogen (secondary N) is 2. The highest BCUT2D eigenvalue weighted by atomic mass is 35.5. The Balaban J connectivity index is 1.57. The predicted molar refractivity (Wildman–Crippen MR) is 126 cm³/mol. The lowest BCUT2D eigenvalue weighted by atomic mass is 10.2. The topological polar surface area (TPSA) is 98.1 Å². The number of ether oxygens (including phenoxy) is 1. The molecule has 0 aliphatic rings. The highest BCUT2D eigenvalue weighted by Gasteiger charge is 2.14. The van der Waals surface area contributed by atoms with Gasteiger partial charge in [-0.3, -0.25) is 4.79 Å². The number of rotatable bonds is 10. The summed E-state index contributed by atoms with van der Waals surface area (Å²) >= 11 is 7.32. The second-order valence-corrected chi connectivity index (χ2v) is 8.02. The van der Waals surface area contributed by atoms with E-state index >= 15 is 0 Å². The average Bonchev–Trinajstić information content (AvgIpc) is 3.18. The van der Waals surface area contributed by atoms with Crippen molar-refractivity contribution in [1.29, 1.82) is 0 Å². The van der Waals surface area contributed by atoms with E-state index in [1.54, 1.807) is 31.2 Å². The Hall–Kier alpha value is -3.04. The standard InChI is InChI=1S/C22H24ClN5O3S/c1-3-28-19(13-24-17-9-6-8-16(23)12-17)26-27-22(28)32-14-20(29)25-18-10-5-7-15(11-18)21(30)31-4-2/h5-12,24H,3-4,13-14H2,1-2H3,(H,25,29). The number of halogens is 1. The van der Waals surface area contributed by atoms with Crippen molar-refractivity contribution in [2.75, 3.05) is 23.0 Å². The van der Waals surface area contributed by atoms with Crippen molar-refractivity contribution in [3.8, 4) is 0 Å². The molecule has 8 nitrogen and oxygen atoms in total. The molecule has 1 heterocycles. The van der Waals surface area contributed by atoms with Gasteiger partial charge in [-0.1, -0.05) is 35.5 Å². The first kappa shape index (κ1) is 23.6. The van der Waals surface area contributed by atoms with Crippen LogP contribution in [0.25, 0.3) is 0 Å². The molecule has 2 aromatic carbocycles. The summed E-state index contributed by atoms with van der Waals surface area (Å²) in [6, 6.07) is 14.1. The molecule has 3 rings (SSSR count). The van der Waals surface area contributed by atoms with Crippen LogP contribution >= 0.6 is 23.4 Å². The number of esters is 1. The van der Waals surface area contributed by atoms with Gasteiger partial charge in [0.05, 0.1) is 24.5 Å². The van der Waals surface area contributed by atoms with Gasteiger partial charge >= 0.3 is 5.97 Å². The number of benzene rings is 2. The molecule has 3 aromatic rings. The van der Waals surface area contributed by atoms with Crippen molar-refractivity contribution < 1.29 is 14.3 Å². The van der Waals surface area contributed by atoms with Gasteiger partial charge in [0.1, 0.15) is 0 Å². The number of aromatic nitrogens is 3. The molecule has 0 fully saturated rings. The first-order valence-corrected chi connectivity index (χ1v) is 11.5. The highest BCUT2D eigenvalue weighted by molar-refractivity contribution is 7.99. The molecule has 2 N–H and O–H groups in total. The lowest BCUT2D eigenvalue weighted by Gasteiger charge is -2.10. The SMILES string of the molecule is CCOC(=O)c1cccc(NC(=O)CSc2nnc(CNc3cccc(Cl)c3)n2CC)c1. The number of carbonyl (C=O) groups excluding carboxylic acids is 2. The second kappa shape index (κ2) is 11.5. The number of hydrogen-bond donors (Lipinski definition) is 2. The fraction of sp³-hybridized carbons (Fsp3) is 0.273. The van der Waals surface area contributed by atoms with Gasteiger partial charge in [-0.2, -0.15) is 0 Å². The second-order valence-electron chi connectivity index (χ2n) is 6.65. The van der Waals surface area contributed by atoms with E-state index in [0.717, 1.165) is 11.5 Å². The number of nitrogens with zero attached hydrogens (tertiary/aromatic N) is 3. The maximum atomic E-state index is 12.4. The molecule has 0 radical (unpaired) electrons. The smallest absolute Gasteiger partial charge is 0.338 e. The minimum Gasteiger partial charge on any atom is -0.462 e. The molecular formula is C22H24ClN5O3S. The van der Waals surface area contributed by atoms with Crippen LogP contribution in [-0.2, 0) is 22.6 Å². The lowest BCUT2D eigenvalue weighted by molar-refractivity contribution is -0.113. The average molecular weight is 474 g/mol. The molecule has 0 saturated heterocycles. The molecule has 0 aliphatic heterocycles. The third-order valence-corrected chi connectivity index (χ3v) is 5.58. The van der Waals surface area contributed by atoms with E-state index in [1.165, 1.54) is 11.8 Å². The molecule has 1 aromatic heterocycles. The maximum absolute atomic E-state index is 12.4. The summed E-state index contributed by atoms with van der Waals surface area (Å²) in [6.07, 6.45) is 0. The molecular weight excluding hydrogens is 450 g/mol. The summed E-state index contributed by atoms with van der Waals surface area (Å²) < 4.78 is 6.94. The van der Waals surface area contributed by atoms with Gasteiger partial charge in [-0.25, -0.2) is 4.79 Å². The van der Waals surface area contributed by atoms with Gasteiger partial charge in [0.15, 0.2) is 11.0 Å². The van der Waals surface area contributed by atoms with Crippen LogP contribution in [-0.4, -0.2) is 39.0 Å². The molecule has 168 valence electrons. The Morgan fingerprint density at radius 3 is 2.62 bits per heavy atom. The normalized spacial score (nSPS) is 10.6. The van der Waals surface area contributed by atoms with Crippen LogP contribution in [0.5, 0.6) is 0 Å². The fourth-order valence-electron chi connectivity index (χ4n) is 2.92. The van der Waals surface area contributed by atoms with Gasteiger partial charge in [0.25, 0.3) is 0 Å². The minimum absolute atomic E-state index is 0.156. The van der Waals surface area contributed by atoms with E-state index in [1.807, 2.05) is 35.8 Å². The van der Waals surface area contributed by atoms with Crippen LogP contribution < -0.4 is 10.6 Å². The minimum atomic E-state index is -0.423. The molecule has 32 heavy (non-hydrogen) atoms. The summed E-state index contributed by atoms with van der Waals surface area (Å²) in [4.78, 5) is 24.3. The largest absolute Gasteiger partial charge is 0.462 e. The van der Waals surface area contributed by atoms with Crippen LogP contribution in [0.2, 0.25) is 5.02 Å². The quantitative estimate of drug-likeness (QED) is 0.331. The molecule has 0 bridgehead atoms. The monoisotopic (exact) mass is 473 g/mol. The molecule has 0 unspecified atom stereocenters. The maximum Gasteiger partial charge on any atom is 0.338 e. The highest BCUT2D eigenvalue weighted by Crippen LogP contribution is 2.20. The van der Waals surface area contributed by atoms with Gasteiger partial charge in [-0.05, 0) is 50.2 Å². The van der Waals surface area contributed by atoms with Crippen LogP contribution in [0, 0.1) is 0 Å². The number of anilines is 2. The van der Waals surface area contributed by atoms with Gasteiger partial charge in [0.2, 0.25) is 5.91 Å². The summed E-state index contributed by atoms with van der Waals surface area (Å²) in [5.41, 5.74) is 1.81. The van der Waals surface area contributed by atoms with Gasteiger partial charge < -0.3 is 19.9 Å². The Kier molecular flexibility index (Phi) is 8.52. The number of amides is 1. The fourth-order valence-corrected chi connectivity index (χ4v) is 3.93. The molecule has 10 heteroatoms. The Labute approximate surface area is 195 Å². The van der Waals surface area contributed by atoms with E-state index in [-0.39, 0.29) is 11.7 Å². The summed E-state index contributed by atoms with van der Waals surface area (Å²) in [7, 11) is 0. The van der Waals surface area contributed by atoms with E-state index in [4.69, 9.17) is 16.3 Å². The number of hydrogen-bond acceptors (Lipinski definition) is 7. The van der Waals surface area contributed by atoms with Crippen LogP contribution in [0.3, 0.4) is 0 Å². The van der Waals surface area contributed by atoms with Crippen molar-refractivity contribution in [2.45, 2.75) is 32.1 Å². The van der Waals surface area contributed by atoms with Crippen LogP contribution in [0.4, 0.5) is 11.4 Å². The molecule has 0 aliphatic carbocycles. The van der Waals surface area contributed by atoms with Crippen molar-refractivity contribution in [2.24, 2.45) is 0 Å². The van der Waals surface area contributed by atoms with Gasteiger partial charge in [-0.15, -0.1) is 10.2 Å². The van der Waals surface area contributed by atoms with Crippen molar-refractivity contribution in [1.82, 2.24) is 14.8 Å². The van der Waals surface area contributed by atoms with Crippen LogP contribution in [0.15, 0.2) is 53.7 Å². The summed E-state index contributed by atoms with van der Waals surface area (Å²) in [5.74, 6) is 0.287. The first-order chi connectivity index (χ1) is 15.5.